The minimum atomic E-state index is -1.93. The van der Waals surface area contributed by atoms with E-state index in [-0.39, 0.29) is 17.1 Å². The monoisotopic (exact) mass is 340 g/mol. The number of amides is 1. The molecule has 0 aliphatic heterocycles. The first kappa shape index (κ1) is 21.5. The van der Waals surface area contributed by atoms with Crippen molar-refractivity contribution in [1.82, 2.24) is 4.90 Å². The van der Waals surface area contributed by atoms with Gasteiger partial charge in [-0.05, 0) is 45.8 Å². The van der Waals surface area contributed by atoms with Gasteiger partial charge in [-0.25, -0.2) is 4.79 Å². The molecule has 0 fully saturated rings. The van der Waals surface area contributed by atoms with Gasteiger partial charge in [0.05, 0.1) is 6.26 Å². The first-order valence-corrected chi connectivity index (χ1v) is 11.0. The lowest BCUT2D eigenvalue weighted by Gasteiger charge is -2.35. The van der Waals surface area contributed by atoms with Gasteiger partial charge in [-0.2, -0.15) is 5.26 Å². The van der Waals surface area contributed by atoms with Crippen LogP contribution in [0.4, 0.5) is 4.79 Å². The SMILES string of the molecule is CC(C)N(C(=O)O[C@H](C#N)/C=C/O[Si](C)(C)C(C)(C)C)C(C)C. The fourth-order valence-electron chi connectivity index (χ4n) is 1.75. The van der Waals surface area contributed by atoms with Crippen LogP contribution in [-0.4, -0.2) is 37.5 Å². The fraction of sp³-hybridized carbons (Fsp3) is 0.765. The Morgan fingerprint density at radius 2 is 1.65 bits per heavy atom. The molecule has 0 aromatic carbocycles. The molecule has 0 aliphatic carbocycles. The van der Waals surface area contributed by atoms with Gasteiger partial charge in [-0.3, -0.25) is 0 Å². The van der Waals surface area contributed by atoms with E-state index < -0.39 is 20.5 Å². The summed E-state index contributed by atoms with van der Waals surface area (Å²) in [4.78, 5) is 13.8. The number of rotatable bonds is 6. The molecule has 0 radical (unpaired) electrons. The summed E-state index contributed by atoms with van der Waals surface area (Å²) >= 11 is 0. The molecule has 6 heteroatoms. The number of carbonyl (C=O) groups excluding carboxylic acids is 1. The predicted molar refractivity (Wildman–Crippen MR) is 95.4 cm³/mol. The van der Waals surface area contributed by atoms with Crippen molar-refractivity contribution in [1.29, 1.82) is 5.26 Å². The number of nitriles is 1. The van der Waals surface area contributed by atoms with E-state index in [0.717, 1.165) is 0 Å². The number of nitrogens with zero attached hydrogens (tertiary/aromatic N) is 2. The number of hydrogen-bond acceptors (Lipinski definition) is 4. The second kappa shape index (κ2) is 8.39. The van der Waals surface area contributed by atoms with E-state index in [2.05, 4.69) is 33.9 Å². The minimum absolute atomic E-state index is 0.00861. The van der Waals surface area contributed by atoms with Crippen molar-refractivity contribution in [3.63, 3.8) is 0 Å². The summed E-state index contributed by atoms with van der Waals surface area (Å²) in [5.74, 6) is 0. The van der Waals surface area contributed by atoms with E-state index in [4.69, 9.17) is 9.16 Å². The zero-order valence-electron chi connectivity index (χ0n) is 16.0. The molecule has 0 spiro atoms. The third-order valence-corrected chi connectivity index (χ3v) is 8.44. The van der Waals surface area contributed by atoms with E-state index in [1.54, 1.807) is 4.90 Å². The molecule has 0 saturated heterocycles. The first-order chi connectivity index (χ1) is 10.3. The highest BCUT2D eigenvalue weighted by molar-refractivity contribution is 6.74. The van der Waals surface area contributed by atoms with Crippen molar-refractivity contribution in [3.8, 4) is 6.07 Å². The summed E-state index contributed by atoms with van der Waals surface area (Å²) in [7, 11) is -1.93. The Kier molecular flexibility index (Phi) is 7.85. The van der Waals surface area contributed by atoms with Crippen LogP contribution in [-0.2, 0) is 9.16 Å². The van der Waals surface area contributed by atoms with Gasteiger partial charge in [-0.1, -0.05) is 20.8 Å². The molecule has 132 valence electrons. The standard InChI is InChI=1S/C17H32N2O3Si/c1-13(2)19(14(3)4)16(20)22-15(12-18)10-11-21-23(8,9)17(5,6)7/h10-11,13-15H,1-9H3/b11-10+/t15-/m0/s1. The van der Waals surface area contributed by atoms with Gasteiger partial charge in [-0.15, -0.1) is 0 Å². The molecule has 0 aromatic heterocycles. The van der Waals surface area contributed by atoms with Gasteiger partial charge < -0.3 is 14.1 Å². The maximum atomic E-state index is 12.2. The van der Waals surface area contributed by atoms with Crippen LogP contribution in [0.3, 0.4) is 0 Å². The third-order valence-electron chi connectivity index (χ3n) is 4.10. The molecule has 0 aromatic rings. The number of carbonyl (C=O) groups is 1. The van der Waals surface area contributed by atoms with Crippen LogP contribution >= 0.6 is 0 Å². The molecule has 1 amide bonds. The summed E-state index contributed by atoms with van der Waals surface area (Å²) in [6.07, 6.45) is 1.57. The van der Waals surface area contributed by atoms with Crippen molar-refractivity contribution >= 4 is 14.4 Å². The predicted octanol–water partition coefficient (Wildman–Crippen LogP) is 4.67. The summed E-state index contributed by atoms with van der Waals surface area (Å²) in [6.45, 7) is 18.3. The third kappa shape index (κ3) is 6.65. The lowest BCUT2D eigenvalue weighted by atomic mass is 10.2. The van der Waals surface area contributed by atoms with Crippen LogP contribution in [0.25, 0.3) is 0 Å². The van der Waals surface area contributed by atoms with Gasteiger partial charge in [0.2, 0.25) is 14.4 Å². The first-order valence-electron chi connectivity index (χ1n) is 8.06. The largest absolute Gasteiger partial charge is 0.549 e. The minimum Gasteiger partial charge on any atom is -0.549 e. The average Bonchev–Trinajstić information content (AvgIpc) is 2.34. The van der Waals surface area contributed by atoms with Gasteiger partial charge in [0.15, 0.2) is 0 Å². The maximum Gasteiger partial charge on any atom is 0.411 e. The quantitative estimate of drug-likeness (QED) is 0.520. The van der Waals surface area contributed by atoms with Crippen molar-refractivity contribution < 1.29 is 14.0 Å². The van der Waals surface area contributed by atoms with Gasteiger partial charge in [0, 0.05) is 18.2 Å². The highest BCUT2D eigenvalue weighted by atomic mass is 28.4. The molecule has 0 saturated carbocycles. The topological polar surface area (TPSA) is 62.6 Å². The van der Waals surface area contributed by atoms with Crippen molar-refractivity contribution in [2.45, 2.75) is 84.8 Å². The van der Waals surface area contributed by atoms with Crippen LogP contribution in [0.5, 0.6) is 0 Å². The summed E-state index contributed by atoms with van der Waals surface area (Å²) in [6, 6.07) is 1.99. The van der Waals surface area contributed by atoms with E-state index >= 15 is 0 Å². The van der Waals surface area contributed by atoms with Crippen molar-refractivity contribution in [2.75, 3.05) is 0 Å². The smallest absolute Gasteiger partial charge is 0.411 e. The van der Waals surface area contributed by atoms with Crippen LogP contribution in [0.15, 0.2) is 12.3 Å². The second-order valence-electron chi connectivity index (χ2n) is 7.73. The Balaban J connectivity index is 4.84. The lowest BCUT2D eigenvalue weighted by molar-refractivity contribution is 0.0733. The molecule has 0 N–H and O–H groups in total. The molecule has 0 unspecified atom stereocenters. The molecule has 0 aliphatic rings. The Bertz CT molecular complexity index is 451. The Morgan fingerprint density at radius 3 is 2.00 bits per heavy atom. The molecule has 0 rings (SSSR count). The molecular formula is C17H32N2O3Si. The summed E-state index contributed by atoms with van der Waals surface area (Å²) in [5.41, 5.74) is 0. The molecule has 23 heavy (non-hydrogen) atoms. The number of hydrogen-bond donors (Lipinski definition) is 0. The average molecular weight is 341 g/mol. The van der Waals surface area contributed by atoms with Crippen molar-refractivity contribution in [3.05, 3.63) is 12.3 Å². The normalized spacial score (nSPS) is 14.0. The lowest BCUT2D eigenvalue weighted by Crippen LogP contribution is -2.43. The van der Waals surface area contributed by atoms with Crippen LogP contribution in [0.1, 0.15) is 48.5 Å². The summed E-state index contributed by atoms with van der Waals surface area (Å²) < 4.78 is 11.1. The molecule has 5 nitrogen and oxygen atoms in total. The van der Waals surface area contributed by atoms with Gasteiger partial charge in [0.25, 0.3) is 0 Å². The van der Waals surface area contributed by atoms with E-state index in [0.29, 0.717) is 0 Å². The van der Waals surface area contributed by atoms with Gasteiger partial charge >= 0.3 is 6.09 Å². The Hall–Kier alpha value is -1.48. The highest BCUT2D eigenvalue weighted by Crippen LogP contribution is 2.36. The zero-order chi connectivity index (χ0) is 18.4. The van der Waals surface area contributed by atoms with E-state index in [9.17, 15) is 10.1 Å². The highest BCUT2D eigenvalue weighted by Gasteiger charge is 2.38. The summed E-state index contributed by atoms with van der Waals surface area (Å²) in [5, 5.41) is 9.25. The Labute approximate surface area is 142 Å². The van der Waals surface area contributed by atoms with Crippen LogP contribution < -0.4 is 0 Å². The fourth-order valence-corrected chi connectivity index (χ4v) is 2.53. The number of ether oxygens (including phenoxy) is 1. The zero-order valence-corrected chi connectivity index (χ0v) is 17.0. The van der Waals surface area contributed by atoms with E-state index in [1.165, 1.54) is 12.3 Å². The van der Waals surface area contributed by atoms with Gasteiger partial charge in [0.1, 0.15) is 6.07 Å². The molecular weight excluding hydrogens is 308 g/mol. The van der Waals surface area contributed by atoms with E-state index in [1.807, 2.05) is 33.8 Å². The molecule has 1 atom stereocenters. The van der Waals surface area contributed by atoms with Crippen LogP contribution in [0, 0.1) is 11.3 Å². The second-order valence-corrected chi connectivity index (χ2v) is 12.5. The van der Waals surface area contributed by atoms with Crippen molar-refractivity contribution in [2.24, 2.45) is 0 Å². The molecule has 0 heterocycles. The maximum absolute atomic E-state index is 12.2. The molecule has 0 bridgehead atoms. The Morgan fingerprint density at radius 1 is 1.17 bits per heavy atom. The van der Waals surface area contributed by atoms with Crippen LogP contribution in [0.2, 0.25) is 18.1 Å².